The van der Waals surface area contributed by atoms with Crippen molar-refractivity contribution in [3.8, 4) is 0 Å². The third kappa shape index (κ3) is 2.15. The van der Waals surface area contributed by atoms with Crippen LogP contribution in [0.5, 0.6) is 0 Å². The van der Waals surface area contributed by atoms with Gasteiger partial charge in [0.15, 0.2) is 11.4 Å². The maximum Gasteiger partial charge on any atom is 0.182 e. The Hall–Kier alpha value is -2.97. The van der Waals surface area contributed by atoms with E-state index in [1.54, 1.807) is 0 Å². The molecule has 1 aliphatic heterocycles. The molecule has 1 fully saturated rings. The van der Waals surface area contributed by atoms with E-state index in [4.69, 9.17) is 4.74 Å². The predicted molar refractivity (Wildman–Crippen MR) is 111 cm³/mol. The Labute approximate surface area is 165 Å². The molecule has 0 radical (unpaired) electrons. The second kappa shape index (κ2) is 6.02. The molecule has 138 valence electrons. The van der Waals surface area contributed by atoms with Crippen molar-refractivity contribution in [1.29, 1.82) is 0 Å². The maximum absolute atomic E-state index is 13.8. The Morgan fingerprint density at radius 3 is 1.68 bits per heavy atom. The van der Waals surface area contributed by atoms with E-state index in [1.807, 2.05) is 61.5 Å². The first kappa shape index (κ1) is 17.2. The lowest BCUT2D eigenvalue weighted by Gasteiger charge is -2.36. The topological polar surface area (TPSA) is 26.3 Å². The molecule has 5 rings (SSSR count). The van der Waals surface area contributed by atoms with E-state index in [0.29, 0.717) is 0 Å². The minimum absolute atomic E-state index is 0.145. The number of Topliss-reactive ketones (excluding diaryl/α,β-unsaturated/α-hetero) is 1. The quantitative estimate of drug-likeness (QED) is 0.593. The zero-order chi connectivity index (χ0) is 19.4. The lowest BCUT2D eigenvalue weighted by molar-refractivity contribution is -0.127. The number of hydrogen-bond acceptors (Lipinski definition) is 2. The fourth-order valence-electron chi connectivity index (χ4n) is 5.04. The Balaban J connectivity index is 1.82. The molecule has 0 spiro atoms. The number of carbonyl (C=O) groups excluding carboxylic acids is 1. The van der Waals surface area contributed by atoms with E-state index in [2.05, 4.69) is 43.3 Å². The number of benzene rings is 3. The van der Waals surface area contributed by atoms with E-state index < -0.39 is 11.0 Å². The van der Waals surface area contributed by atoms with Crippen molar-refractivity contribution in [2.24, 2.45) is 5.41 Å². The molecule has 28 heavy (non-hydrogen) atoms. The van der Waals surface area contributed by atoms with Crippen LogP contribution < -0.4 is 0 Å². The van der Waals surface area contributed by atoms with Gasteiger partial charge in [0.2, 0.25) is 0 Å². The normalized spacial score (nSPS) is 28.8. The van der Waals surface area contributed by atoms with Crippen molar-refractivity contribution in [3.05, 3.63) is 108 Å². The highest BCUT2D eigenvalue weighted by atomic mass is 16.5. The first-order valence-corrected chi connectivity index (χ1v) is 9.70. The van der Waals surface area contributed by atoms with Crippen LogP contribution >= 0.6 is 0 Å². The molecule has 0 aromatic heterocycles. The van der Waals surface area contributed by atoms with Gasteiger partial charge in [-0.2, -0.15) is 0 Å². The molecule has 2 aliphatic rings. The van der Waals surface area contributed by atoms with Gasteiger partial charge in [0.05, 0.1) is 5.41 Å². The Bertz CT molecular complexity index is 1070. The van der Waals surface area contributed by atoms with Crippen molar-refractivity contribution in [2.45, 2.75) is 25.6 Å². The summed E-state index contributed by atoms with van der Waals surface area (Å²) in [4.78, 5) is 13.8. The molecule has 2 nitrogen and oxygen atoms in total. The summed E-state index contributed by atoms with van der Waals surface area (Å²) < 4.78 is 6.56. The number of fused-ring (bicyclic) bond motifs is 2. The van der Waals surface area contributed by atoms with Gasteiger partial charge in [-0.25, -0.2) is 0 Å². The fraction of sp³-hybridized carbons (Fsp3) is 0.192. The van der Waals surface area contributed by atoms with E-state index in [0.717, 1.165) is 27.8 Å². The smallest absolute Gasteiger partial charge is 0.182 e. The highest BCUT2D eigenvalue weighted by Crippen LogP contribution is 2.67. The lowest BCUT2D eigenvalue weighted by atomic mass is 9.72. The van der Waals surface area contributed by atoms with E-state index >= 15 is 0 Å². The van der Waals surface area contributed by atoms with Crippen LogP contribution in [0.2, 0.25) is 0 Å². The third-order valence-electron chi connectivity index (χ3n) is 6.26. The summed E-state index contributed by atoms with van der Waals surface area (Å²) in [5, 5.41) is 0. The monoisotopic (exact) mass is 366 g/mol. The van der Waals surface area contributed by atoms with Crippen molar-refractivity contribution in [3.63, 3.8) is 0 Å². The summed E-state index contributed by atoms with van der Waals surface area (Å²) in [6.45, 7) is 3.99. The van der Waals surface area contributed by atoms with Crippen LogP contribution in [-0.2, 0) is 9.53 Å². The maximum atomic E-state index is 13.8. The van der Waals surface area contributed by atoms with Crippen LogP contribution in [0.3, 0.4) is 0 Å². The van der Waals surface area contributed by atoms with Crippen molar-refractivity contribution >= 4 is 16.9 Å². The number of rotatable bonds is 3. The van der Waals surface area contributed by atoms with Gasteiger partial charge in [-0.05, 0) is 36.1 Å². The lowest BCUT2D eigenvalue weighted by Crippen LogP contribution is -2.32. The van der Waals surface area contributed by atoms with Gasteiger partial charge in [-0.1, -0.05) is 91.0 Å². The number of ether oxygens (including phenoxy) is 1. The Morgan fingerprint density at radius 2 is 1.14 bits per heavy atom. The first-order valence-electron chi connectivity index (χ1n) is 9.70. The van der Waals surface area contributed by atoms with Crippen LogP contribution in [0, 0.1) is 5.41 Å². The second-order valence-corrected chi connectivity index (χ2v) is 7.96. The zero-order valence-corrected chi connectivity index (χ0v) is 16.1. The summed E-state index contributed by atoms with van der Waals surface area (Å²) in [6.07, 6.45) is -0.297. The molecule has 1 saturated heterocycles. The zero-order valence-electron chi connectivity index (χ0n) is 16.1. The van der Waals surface area contributed by atoms with Crippen molar-refractivity contribution in [2.75, 3.05) is 0 Å². The van der Waals surface area contributed by atoms with Crippen LogP contribution in [0.1, 0.15) is 36.6 Å². The average Bonchev–Trinajstić information content (AvgIpc) is 3.06. The number of carbonyl (C=O) groups is 1. The summed E-state index contributed by atoms with van der Waals surface area (Å²) in [7, 11) is 0. The van der Waals surface area contributed by atoms with Crippen molar-refractivity contribution < 1.29 is 9.53 Å². The van der Waals surface area contributed by atoms with Crippen molar-refractivity contribution in [1.82, 2.24) is 0 Å². The van der Waals surface area contributed by atoms with Crippen LogP contribution in [0.4, 0.5) is 0 Å². The van der Waals surface area contributed by atoms with E-state index in [-0.39, 0.29) is 11.9 Å². The van der Waals surface area contributed by atoms with E-state index in [9.17, 15) is 4.79 Å². The Morgan fingerprint density at radius 1 is 0.679 bits per heavy atom. The standard InChI is InChI=1S/C26H22O2/c1-25-21(18-12-6-3-7-13-18)22(19-14-8-4-9-15-19)26(2,24(25)27)28-23(25)20-16-10-5-11-17-20/h3-17,23H,1-2H3/t23-,25-,26+/m0/s1. The van der Waals surface area contributed by atoms with Crippen LogP contribution in [-0.4, -0.2) is 11.4 Å². The van der Waals surface area contributed by atoms with Crippen LogP contribution in [0.15, 0.2) is 91.0 Å². The van der Waals surface area contributed by atoms with Gasteiger partial charge in [0, 0.05) is 5.57 Å². The van der Waals surface area contributed by atoms with Crippen LogP contribution in [0.25, 0.3) is 11.1 Å². The molecule has 2 heteroatoms. The summed E-state index contributed by atoms with van der Waals surface area (Å²) in [6, 6.07) is 30.6. The molecule has 2 bridgehead atoms. The highest BCUT2D eigenvalue weighted by molar-refractivity contribution is 6.24. The molecule has 3 aromatic carbocycles. The minimum Gasteiger partial charge on any atom is -0.353 e. The van der Waals surface area contributed by atoms with Gasteiger partial charge in [-0.3, -0.25) is 4.79 Å². The summed E-state index contributed by atoms with van der Waals surface area (Å²) >= 11 is 0. The molecule has 0 saturated carbocycles. The summed E-state index contributed by atoms with van der Waals surface area (Å²) in [5.41, 5.74) is 3.58. The predicted octanol–water partition coefficient (Wildman–Crippen LogP) is 5.72. The number of hydrogen-bond donors (Lipinski definition) is 0. The SMILES string of the molecule is C[C@]12O[C@@H](c3ccccc3)[C@@](C)(C1=O)C(c1ccccc1)=C2c1ccccc1. The van der Waals surface area contributed by atoms with E-state index in [1.165, 1.54) is 0 Å². The van der Waals surface area contributed by atoms with Gasteiger partial charge < -0.3 is 4.74 Å². The van der Waals surface area contributed by atoms with Gasteiger partial charge in [-0.15, -0.1) is 0 Å². The fourth-order valence-corrected chi connectivity index (χ4v) is 5.04. The third-order valence-corrected chi connectivity index (χ3v) is 6.26. The molecule has 0 unspecified atom stereocenters. The number of ketones is 1. The van der Waals surface area contributed by atoms with Gasteiger partial charge in [0.1, 0.15) is 6.10 Å². The van der Waals surface area contributed by atoms with Gasteiger partial charge >= 0.3 is 0 Å². The Kier molecular flexibility index (Phi) is 3.68. The molecule has 1 aliphatic carbocycles. The molecule has 3 atom stereocenters. The molecular weight excluding hydrogens is 344 g/mol. The minimum atomic E-state index is -0.957. The second-order valence-electron chi connectivity index (χ2n) is 7.96. The molecule has 1 heterocycles. The largest absolute Gasteiger partial charge is 0.353 e. The highest BCUT2D eigenvalue weighted by Gasteiger charge is 2.68. The molecular formula is C26H22O2. The first-order chi connectivity index (χ1) is 13.6. The summed E-state index contributed by atoms with van der Waals surface area (Å²) in [5.74, 6) is 0.145. The average molecular weight is 366 g/mol. The molecule has 3 aromatic rings. The molecule has 0 N–H and O–H groups in total. The molecule has 0 amide bonds. The van der Waals surface area contributed by atoms with Gasteiger partial charge in [0.25, 0.3) is 0 Å².